The Morgan fingerprint density at radius 3 is 2.60 bits per heavy atom. The molecule has 0 radical (unpaired) electrons. The highest BCUT2D eigenvalue weighted by atomic mass is 35.5. The third-order valence-electron chi connectivity index (χ3n) is 3.33. The molecule has 1 aromatic heterocycles. The van der Waals surface area contributed by atoms with Crippen molar-refractivity contribution in [3.05, 3.63) is 57.2 Å². The monoisotopic (exact) mass is 307 g/mol. The Morgan fingerprint density at radius 1 is 1.15 bits per heavy atom. The Hall–Kier alpha value is -0.830. The van der Waals surface area contributed by atoms with Crippen molar-refractivity contribution in [1.29, 1.82) is 0 Å². The first kappa shape index (κ1) is 15.6. The van der Waals surface area contributed by atoms with Crippen molar-refractivity contribution in [2.45, 2.75) is 32.7 Å². The first-order valence-electron chi connectivity index (χ1n) is 7.12. The lowest BCUT2D eigenvalue weighted by Crippen LogP contribution is -2.31. The van der Waals surface area contributed by atoms with Crippen LogP contribution in [0, 0.1) is 5.92 Å². The Kier molecular flexibility index (Phi) is 6.08. The van der Waals surface area contributed by atoms with Crippen molar-refractivity contribution >= 4 is 22.9 Å². The molecule has 3 heteroatoms. The van der Waals surface area contributed by atoms with Gasteiger partial charge in [0.05, 0.1) is 0 Å². The average molecular weight is 308 g/mol. The molecule has 1 heterocycles. The maximum Gasteiger partial charge on any atom is 0.0408 e. The summed E-state index contributed by atoms with van der Waals surface area (Å²) in [5.41, 5.74) is 2.76. The SMILES string of the molecule is CC(C)NCC(Cc1ccsc1)Cc1cccc(Cl)c1. The predicted octanol–water partition coefficient (Wildman–Crippen LogP) is 4.80. The smallest absolute Gasteiger partial charge is 0.0408 e. The van der Waals surface area contributed by atoms with E-state index >= 15 is 0 Å². The molecule has 1 nitrogen and oxygen atoms in total. The highest BCUT2D eigenvalue weighted by Crippen LogP contribution is 2.19. The van der Waals surface area contributed by atoms with E-state index in [2.05, 4.69) is 48.1 Å². The topological polar surface area (TPSA) is 12.0 Å². The summed E-state index contributed by atoms with van der Waals surface area (Å²) >= 11 is 7.86. The number of rotatable bonds is 7. The van der Waals surface area contributed by atoms with E-state index in [4.69, 9.17) is 11.6 Å². The maximum atomic E-state index is 6.08. The van der Waals surface area contributed by atoms with Crippen LogP contribution in [-0.2, 0) is 12.8 Å². The third kappa shape index (κ3) is 5.28. The fourth-order valence-corrected chi connectivity index (χ4v) is 3.25. The summed E-state index contributed by atoms with van der Waals surface area (Å²) in [6, 6.07) is 11.0. The van der Waals surface area contributed by atoms with Gasteiger partial charge >= 0.3 is 0 Å². The van der Waals surface area contributed by atoms with Crippen molar-refractivity contribution in [3.8, 4) is 0 Å². The summed E-state index contributed by atoms with van der Waals surface area (Å²) in [5.74, 6) is 0.602. The van der Waals surface area contributed by atoms with Gasteiger partial charge in [0.15, 0.2) is 0 Å². The van der Waals surface area contributed by atoms with Crippen LogP contribution in [0.4, 0.5) is 0 Å². The van der Waals surface area contributed by atoms with E-state index in [0.717, 1.165) is 24.4 Å². The summed E-state index contributed by atoms with van der Waals surface area (Å²) in [5, 5.41) is 8.80. The van der Waals surface area contributed by atoms with Crippen LogP contribution < -0.4 is 5.32 Å². The highest BCUT2D eigenvalue weighted by molar-refractivity contribution is 7.07. The Balaban J connectivity index is 2.01. The molecule has 0 aliphatic carbocycles. The van der Waals surface area contributed by atoms with Gasteiger partial charge in [-0.15, -0.1) is 0 Å². The molecule has 1 atom stereocenters. The van der Waals surface area contributed by atoms with E-state index in [0.29, 0.717) is 12.0 Å². The quantitative estimate of drug-likeness (QED) is 0.774. The van der Waals surface area contributed by atoms with Crippen molar-refractivity contribution in [1.82, 2.24) is 5.32 Å². The first-order valence-corrected chi connectivity index (χ1v) is 8.44. The number of thiophene rings is 1. The first-order chi connectivity index (χ1) is 9.63. The lowest BCUT2D eigenvalue weighted by molar-refractivity contribution is 0.444. The summed E-state index contributed by atoms with van der Waals surface area (Å²) in [7, 11) is 0. The van der Waals surface area contributed by atoms with Crippen molar-refractivity contribution < 1.29 is 0 Å². The van der Waals surface area contributed by atoms with Gasteiger partial charge in [0.1, 0.15) is 0 Å². The average Bonchev–Trinajstić information content (AvgIpc) is 2.89. The molecular weight excluding hydrogens is 286 g/mol. The lowest BCUT2D eigenvalue weighted by atomic mass is 9.93. The van der Waals surface area contributed by atoms with E-state index in [-0.39, 0.29) is 0 Å². The third-order valence-corrected chi connectivity index (χ3v) is 4.30. The Morgan fingerprint density at radius 2 is 1.95 bits per heavy atom. The number of halogens is 1. The molecule has 20 heavy (non-hydrogen) atoms. The van der Waals surface area contributed by atoms with Crippen molar-refractivity contribution in [2.75, 3.05) is 6.54 Å². The summed E-state index contributed by atoms with van der Waals surface area (Å²) in [6.07, 6.45) is 2.19. The zero-order valence-corrected chi connectivity index (χ0v) is 13.7. The second-order valence-electron chi connectivity index (χ2n) is 5.60. The van der Waals surface area contributed by atoms with Crippen LogP contribution in [0.5, 0.6) is 0 Å². The second-order valence-corrected chi connectivity index (χ2v) is 6.82. The molecule has 1 aromatic carbocycles. The van der Waals surface area contributed by atoms with Gasteiger partial charge < -0.3 is 5.32 Å². The molecule has 1 unspecified atom stereocenters. The minimum Gasteiger partial charge on any atom is -0.314 e. The van der Waals surface area contributed by atoms with E-state index in [9.17, 15) is 0 Å². The van der Waals surface area contributed by atoms with Crippen LogP contribution in [0.3, 0.4) is 0 Å². The maximum absolute atomic E-state index is 6.08. The number of hydrogen-bond acceptors (Lipinski definition) is 2. The molecule has 0 fully saturated rings. The zero-order valence-electron chi connectivity index (χ0n) is 12.1. The minimum atomic E-state index is 0.527. The van der Waals surface area contributed by atoms with Gasteiger partial charge in [-0.1, -0.05) is 37.6 Å². The molecule has 0 aliphatic heterocycles. The fourth-order valence-electron chi connectivity index (χ4n) is 2.36. The molecule has 0 saturated carbocycles. The molecule has 0 saturated heterocycles. The fraction of sp³-hybridized carbons (Fsp3) is 0.412. The molecule has 2 rings (SSSR count). The van der Waals surface area contributed by atoms with Crippen molar-refractivity contribution in [2.24, 2.45) is 5.92 Å². The summed E-state index contributed by atoms with van der Waals surface area (Å²) in [6.45, 7) is 5.43. The van der Waals surface area contributed by atoms with Crippen molar-refractivity contribution in [3.63, 3.8) is 0 Å². The molecule has 1 N–H and O–H groups in total. The van der Waals surface area contributed by atoms with Gasteiger partial charge in [-0.25, -0.2) is 0 Å². The van der Waals surface area contributed by atoms with E-state index in [1.54, 1.807) is 11.3 Å². The van der Waals surface area contributed by atoms with Gasteiger partial charge in [-0.3, -0.25) is 0 Å². The molecule has 0 aliphatic rings. The van der Waals surface area contributed by atoms with Gasteiger partial charge in [-0.2, -0.15) is 11.3 Å². The van der Waals surface area contributed by atoms with E-state index in [1.807, 2.05) is 12.1 Å². The second kappa shape index (κ2) is 7.82. The van der Waals surface area contributed by atoms with Crippen LogP contribution in [-0.4, -0.2) is 12.6 Å². The largest absolute Gasteiger partial charge is 0.314 e. The van der Waals surface area contributed by atoms with Crippen LogP contribution in [0.2, 0.25) is 5.02 Å². The van der Waals surface area contributed by atoms with Gasteiger partial charge in [0.25, 0.3) is 0 Å². The number of hydrogen-bond donors (Lipinski definition) is 1. The van der Waals surface area contributed by atoms with E-state index < -0.39 is 0 Å². The normalized spacial score (nSPS) is 12.8. The predicted molar refractivity (Wildman–Crippen MR) is 89.8 cm³/mol. The number of nitrogens with one attached hydrogen (secondary N) is 1. The molecule has 0 amide bonds. The van der Waals surface area contributed by atoms with Crippen LogP contribution in [0.1, 0.15) is 25.0 Å². The Bertz CT molecular complexity index is 507. The lowest BCUT2D eigenvalue weighted by Gasteiger charge is -2.19. The van der Waals surface area contributed by atoms with Gasteiger partial charge in [0.2, 0.25) is 0 Å². The highest BCUT2D eigenvalue weighted by Gasteiger charge is 2.12. The summed E-state index contributed by atoms with van der Waals surface area (Å²) < 4.78 is 0. The molecule has 2 aromatic rings. The van der Waals surface area contributed by atoms with Gasteiger partial charge in [0, 0.05) is 11.1 Å². The summed E-state index contributed by atoms with van der Waals surface area (Å²) in [4.78, 5) is 0. The van der Waals surface area contributed by atoms with Crippen LogP contribution in [0.15, 0.2) is 41.1 Å². The molecule has 0 spiro atoms. The van der Waals surface area contributed by atoms with E-state index in [1.165, 1.54) is 11.1 Å². The van der Waals surface area contributed by atoms with Crippen LogP contribution >= 0.6 is 22.9 Å². The zero-order chi connectivity index (χ0) is 14.4. The molecular formula is C17H22ClNS. The van der Waals surface area contributed by atoms with Gasteiger partial charge in [-0.05, 0) is 65.4 Å². The minimum absolute atomic E-state index is 0.527. The Labute approximate surface area is 131 Å². The molecule has 108 valence electrons. The van der Waals surface area contributed by atoms with Crippen LogP contribution in [0.25, 0.3) is 0 Å². The molecule has 0 bridgehead atoms. The number of benzene rings is 1. The standard InChI is InChI=1S/C17H22ClNS/c1-13(2)19-11-16(9-15-6-7-20-12-15)8-14-4-3-5-17(18)10-14/h3-7,10,12-13,16,19H,8-9,11H2,1-2H3.